The molecule has 242 valence electrons. The number of carbonyl (C=O) groups excluding carboxylic acids is 2. The molecule has 2 saturated heterocycles. The van der Waals surface area contributed by atoms with Crippen LogP contribution in [0, 0.1) is 33.1 Å². The number of rotatable bonds is 9. The van der Waals surface area contributed by atoms with Gasteiger partial charge in [-0.2, -0.15) is 0 Å². The smallest absolute Gasteiger partial charge is 0.298 e. The van der Waals surface area contributed by atoms with Crippen LogP contribution in [-0.2, 0) is 22.6 Å². The predicted molar refractivity (Wildman–Crippen MR) is 182 cm³/mol. The number of nitrogens with zero attached hydrogens (tertiary/aromatic N) is 3. The third kappa shape index (κ3) is 7.52. The van der Waals surface area contributed by atoms with Crippen molar-refractivity contribution in [1.82, 2.24) is 20.1 Å². The fraction of sp³-hybridized carbons (Fsp3) is 0.432. The Morgan fingerprint density at radius 3 is 2.35 bits per heavy atom. The first kappa shape index (κ1) is 33.0. The van der Waals surface area contributed by atoms with Crippen LogP contribution in [-0.4, -0.2) is 78.6 Å². The number of piperazine rings is 1. The molecular weight excluding hydrogens is 578 g/mol. The van der Waals surface area contributed by atoms with Crippen LogP contribution in [0.5, 0.6) is 0 Å². The first-order valence-electron chi connectivity index (χ1n) is 16.2. The molecule has 0 saturated carbocycles. The van der Waals surface area contributed by atoms with Crippen LogP contribution in [0.1, 0.15) is 58.1 Å². The Labute approximate surface area is 271 Å². The number of terminal acetylenes is 1. The third-order valence-corrected chi connectivity index (χ3v) is 9.30. The van der Waals surface area contributed by atoms with Gasteiger partial charge in [0.15, 0.2) is 0 Å². The van der Waals surface area contributed by atoms with E-state index in [1.807, 2.05) is 32.9 Å². The Bertz CT molecular complexity index is 1660. The van der Waals surface area contributed by atoms with Crippen molar-refractivity contribution in [3.63, 3.8) is 0 Å². The maximum absolute atomic E-state index is 13.8. The molecule has 0 spiro atoms. The summed E-state index contributed by atoms with van der Waals surface area (Å²) in [7, 11) is 0. The number of aromatic nitrogens is 1. The summed E-state index contributed by atoms with van der Waals surface area (Å²) in [6.45, 7) is 14.0. The summed E-state index contributed by atoms with van der Waals surface area (Å²) < 4.78 is 5.66. The zero-order valence-electron chi connectivity index (χ0n) is 27.4. The summed E-state index contributed by atoms with van der Waals surface area (Å²) in [6, 6.07) is 14.9. The Balaban J connectivity index is 1.41. The van der Waals surface area contributed by atoms with Gasteiger partial charge in [0.25, 0.3) is 17.4 Å². The summed E-state index contributed by atoms with van der Waals surface area (Å²) >= 11 is 0. The SMILES string of the molecule is C#CC(=O)N1CCN(Cc2ccc(-c3cc(C(=O)NCc4c(C)cc(C)[nH]c4=O)c(C)c(N(CC)C4CCOCC4)c3)cc2)CC1. The van der Waals surface area contributed by atoms with Crippen molar-refractivity contribution in [2.75, 3.05) is 50.8 Å². The van der Waals surface area contributed by atoms with Gasteiger partial charge in [0.1, 0.15) is 0 Å². The normalized spacial score (nSPS) is 15.8. The van der Waals surface area contributed by atoms with E-state index in [1.165, 1.54) is 5.56 Å². The Morgan fingerprint density at radius 2 is 1.72 bits per heavy atom. The van der Waals surface area contributed by atoms with E-state index in [2.05, 4.69) is 63.3 Å². The summed E-state index contributed by atoms with van der Waals surface area (Å²) in [5.41, 5.74) is 7.77. The molecule has 2 aliphatic rings. The van der Waals surface area contributed by atoms with Crippen LogP contribution < -0.4 is 15.8 Å². The maximum Gasteiger partial charge on any atom is 0.298 e. The number of nitrogens with one attached hydrogen (secondary N) is 2. The predicted octanol–water partition coefficient (Wildman–Crippen LogP) is 4.18. The highest BCUT2D eigenvalue weighted by Crippen LogP contribution is 2.34. The van der Waals surface area contributed by atoms with Crippen molar-refractivity contribution in [3.8, 4) is 23.5 Å². The van der Waals surface area contributed by atoms with Gasteiger partial charge in [-0.25, -0.2) is 0 Å². The van der Waals surface area contributed by atoms with E-state index in [0.29, 0.717) is 30.3 Å². The van der Waals surface area contributed by atoms with Crippen LogP contribution in [0.15, 0.2) is 47.3 Å². The van der Waals surface area contributed by atoms with E-state index in [0.717, 1.165) is 85.9 Å². The molecular formula is C37H45N5O4. The van der Waals surface area contributed by atoms with Crippen LogP contribution in [0.25, 0.3) is 11.1 Å². The quantitative estimate of drug-likeness (QED) is 0.347. The second kappa shape index (κ2) is 14.8. The van der Waals surface area contributed by atoms with Gasteiger partial charge in [-0.1, -0.05) is 24.3 Å². The van der Waals surface area contributed by atoms with Crippen LogP contribution >= 0.6 is 0 Å². The number of hydrogen-bond acceptors (Lipinski definition) is 6. The second-order valence-corrected chi connectivity index (χ2v) is 12.3. The molecule has 2 aromatic carbocycles. The van der Waals surface area contributed by atoms with E-state index < -0.39 is 0 Å². The van der Waals surface area contributed by atoms with Gasteiger partial charge in [0.2, 0.25) is 0 Å². The van der Waals surface area contributed by atoms with Crippen molar-refractivity contribution >= 4 is 17.5 Å². The molecule has 9 nitrogen and oxygen atoms in total. The standard InChI is InChI=1S/C37H45N5O4/c1-6-35(43)41-16-14-40(15-17-41)24-28-8-10-29(11-9-28)30-21-32(36(44)38-23-33-25(3)20-26(4)39-37(33)45)27(5)34(22-30)42(7-2)31-12-18-46-19-13-31/h1,8-11,20-22,31H,7,12-19,23-24H2,2-5H3,(H,38,44)(H,39,45). The van der Waals surface area contributed by atoms with Crippen LogP contribution in [0.2, 0.25) is 0 Å². The number of aryl methyl sites for hydroxylation is 2. The summed E-state index contributed by atoms with van der Waals surface area (Å²) in [5, 5.41) is 3.03. The van der Waals surface area contributed by atoms with Gasteiger partial charge in [0, 0.05) is 87.6 Å². The number of carbonyl (C=O) groups is 2. The lowest BCUT2D eigenvalue weighted by atomic mass is 9.94. The van der Waals surface area contributed by atoms with Gasteiger partial charge in [0.05, 0.1) is 0 Å². The van der Waals surface area contributed by atoms with E-state index in [1.54, 1.807) is 4.90 Å². The monoisotopic (exact) mass is 623 g/mol. The van der Waals surface area contributed by atoms with Crippen molar-refractivity contribution in [2.24, 2.45) is 0 Å². The molecule has 2 fully saturated rings. The first-order valence-corrected chi connectivity index (χ1v) is 16.2. The number of ether oxygens (including phenoxy) is 1. The zero-order valence-corrected chi connectivity index (χ0v) is 27.4. The van der Waals surface area contributed by atoms with Crippen molar-refractivity contribution in [3.05, 3.63) is 86.3 Å². The number of anilines is 1. The van der Waals surface area contributed by atoms with E-state index in [9.17, 15) is 14.4 Å². The molecule has 0 unspecified atom stereocenters. The van der Waals surface area contributed by atoms with Gasteiger partial charge >= 0.3 is 0 Å². The molecule has 0 bridgehead atoms. The summed E-state index contributed by atoms with van der Waals surface area (Å²) in [5.74, 6) is 1.76. The Kier molecular flexibility index (Phi) is 10.6. The molecule has 2 N–H and O–H groups in total. The fourth-order valence-corrected chi connectivity index (χ4v) is 6.65. The number of aromatic amines is 1. The van der Waals surface area contributed by atoms with E-state index in [-0.39, 0.29) is 23.9 Å². The third-order valence-electron chi connectivity index (χ3n) is 9.30. The topological polar surface area (TPSA) is 98.0 Å². The highest BCUT2D eigenvalue weighted by Gasteiger charge is 2.25. The number of benzene rings is 2. The first-order chi connectivity index (χ1) is 22.2. The second-order valence-electron chi connectivity index (χ2n) is 12.3. The molecule has 3 heterocycles. The van der Waals surface area contributed by atoms with E-state index in [4.69, 9.17) is 11.2 Å². The molecule has 46 heavy (non-hydrogen) atoms. The minimum Gasteiger partial charge on any atom is -0.381 e. The van der Waals surface area contributed by atoms with Crippen molar-refractivity contribution in [2.45, 2.75) is 59.7 Å². The summed E-state index contributed by atoms with van der Waals surface area (Å²) in [4.78, 5) is 47.6. The highest BCUT2D eigenvalue weighted by molar-refractivity contribution is 5.99. The number of pyridine rings is 1. The molecule has 5 rings (SSSR count). The van der Waals surface area contributed by atoms with E-state index >= 15 is 0 Å². The fourth-order valence-electron chi connectivity index (χ4n) is 6.65. The average molecular weight is 624 g/mol. The molecule has 2 aliphatic heterocycles. The van der Waals surface area contributed by atoms with Gasteiger partial charge in [-0.15, -0.1) is 6.42 Å². The Morgan fingerprint density at radius 1 is 1.02 bits per heavy atom. The highest BCUT2D eigenvalue weighted by atomic mass is 16.5. The van der Waals surface area contributed by atoms with Crippen LogP contribution in [0.4, 0.5) is 5.69 Å². The van der Waals surface area contributed by atoms with Gasteiger partial charge in [-0.3, -0.25) is 19.3 Å². The zero-order chi connectivity index (χ0) is 32.8. The van der Waals surface area contributed by atoms with Gasteiger partial charge in [-0.05, 0) is 92.5 Å². The van der Waals surface area contributed by atoms with Crippen molar-refractivity contribution < 1.29 is 14.3 Å². The number of H-pyrrole nitrogens is 1. The maximum atomic E-state index is 13.8. The molecule has 9 heteroatoms. The van der Waals surface area contributed by atoms with Gasteiger partial charge < -0.3 is 24.8 Å². The molecule has 0 aliphatic carbocycles. The molecule has 3 aromatic rings. The minimum atomic E-state index is -0.244. The largest absolute Gasteiger partial charge is 0.381 e. The lowest BCUT2D eigenvalue weighted by Crippen LogP contribution is -2.47. The molecule has 0 radical (unpaired) electrons. The average Bonchev–Trinajstić information content (AvgIpc) is 3.06. The number of hydrogen-bond donors (Lipinski definition) is 2. The minimum absolute atomic E-state index is 0.149. The molecule has 1 aromatic heterocycles. The van der Waals surface area contributed by atoms with Crippen LogP contribution in [0.3, 0.4) is 0 Å². The lowest BCUT2D eigenvalue weighted by molar-refractivity contribution is -0.126. The molecule has 2 amide bonds. The summed E-state index contributed by atoms with van der Waals surface area (Å²) in [6.07, 6.45) is 7.16. The Hall–Kier alpha value is -4.39. The van der Waals surface area contributed by atoms with Crippen molar-refractivity contribution in [1.29, 1.82) is 0 Å². The lowest BCUT2D eigenvalue weighted by Gasteiger charge is -2.37. The number of amides is 2. The molecule has 0 atom stereocenters.